The van der Waals surface area contributed by atoms with Crippen molar-refractivity contribution in [1.29, 1.82) is 0 Å². The summed E-state index contributed by atoms with van der Waals surface area (Å²) in [5.41, 5.74) is 4.77. The van der Waals surface area contributed by atoms with E-state index in [-0.39, 0.29) is 17.5 Å². The Bertz CT molecular complexity index is 370. The number of nitrogens with zero attached hydrogens (tertiary/aromatic N) is 1. The first-order chi connectivity index (χ1) is 6.40. The summed E-state index contributed by atoms with van der Waals surface area (Å²) in [6.07, 6.45) is 1.23. The monoisotopic (exact) mass is 217 g/mol. The van der Waals surface area contributed by atoms with Gasteiger partial charge in [-0.1, -0.05) is 11.6 Å². The van der Waals surface area contributed by atoms with Crippen molar-refractivity contribution in [2.75, 3.05) is 6.61 Å². The fourth-order valence-electron chi connectivity index (χ4n) is 0.722. The summed E-state index contributed by atoms with van der Waals surface area (Å²) in [6, 6.07) is 0. The zero-order valence-corrected chi connectivity index (χ0v) is 8.76. The lowest BCUT2D eigenvalue weighted by atomic mass is 10.1. The summed E-state index contributed by atoms with van der Waals surface area (Å²) in [6.45, 7) is 3.84. The summed E-state index contributed by atoms with van der Waals surface area (Å²) in [5.74, 6) is 0.106. The average Bonchev–Trinajstić information content (AvgIpc) is 2.06. The Labute approximate surface area is 86.2 Å². The van der Waals surface area contributed by atoms with Gasteiger partial charge in [-0.15, -0.1) is 0 Å². The van der Waals surface area contributed by atoms with Crippen LogP contribution in [0.25, 0.3) is 0 Å². The second kappa shape index (κ2) is 3.98. The van der Waals surface area contributed by atoms with Gasteiger partial charge in [-0.2, -0.15) is 0 Å². The lowest BCUT2D eigenvalue weighted by Crippen LogP contribution is -2.39. The molecular weight excluding hydrogens is 206 g/mol. The number of rotatable bonds is 3. The van der Waals surface area contributed by atoms with Gasteiger partial charge >= 0.3 is 0 Å². The zero-order chi connectivity index (χ0) is 10.8. The first-order valence-electron chi connectivity index (χ1n) is 4.05. The molecule has 0 radical (unpaired) electrons. The highest BCUT2D eigenvalue weighted by Gasteiger charge is 2.14. The maximum Gasteiger partial charge on any atom is 0.273 e. The largest absolute Gasteiger partial charge is 0.474 e. The fourth-order valence-corrected chi connectivity index (χ4v) is 0.880. The van der Waals surface area contributed by atoms with E-state index in [1.54, 1.807) is 13.8 Å². The van der Waals surface area contributed by atoms with Crippen LogP contribution in [0.15, 0.2) is 11.1 Å². The second-order valence-corrected chi connectivity index (χ2v) is 4.01. The summed E-state index contributed by atoms with van der Waals surface area (Å²) in [5, 5.41) is -0.0586. The molecule has 78 valence electrons. The molecule has 1 aromatic rings. The Balaban J connectivity index is 2.78. The SMILES string of the molecule is CC(C)(N)COc1nc[nH]c(=O)c1Cl. The molecule has 5 nitrogen and oxygen atoms in total. The van der Waals surface area contributed by atoms with Crippen LogP contribution in [0.5, 0.6) is 5.88 Å². The number of nitrogens with two attached hydrogens (primary N) is 1. The highest BCUT2D eigenvalue weighted by atomic mass is 35.5. The molecule has 1 rings (SSSR count). The van der Waals surface area contributed by atoms with Crippen LogP contribution in [0, 0.1) is 0 Å². The minimum absolute atomic E-state index is 0.0586. The van der Waals surface area contributed by atoms with E-state index >= 15 is 0 Å². The van der Waals surface area contributed by atoms with Gasteiger partial charge in [0.15, 0.2) is 5.02 Å². The molecule has 0 aliphatic carbocycles. The lowest BCUT2D eigenvalue weighted by Gasteiger charge is -2.18. The van der Waals surface area contributed by atoms with Crippen molar-refractivity contribution in [1.82, 2.24) is 9.97 Å². The van der Waals surface area contributed by atoms with Gasteiger partial charge in [-0.05, 0) is 13.8 Å². The topological polar surface area (TPSA) is 81.0 Å². The number of halogens is 1. The Morgan fingerprint density at radius 3 is 2.93 bits per heavy atom. The number of hydrogen-bond acceptors (Lipinski definition) is 4. The molecule has 0 aliphatic rings. The number of H-pyrrole nitrogens is 1. The molecule has 14 heavy (non-hydrogen) atoms. The minimum Gasteiger partial charge on any atom is -0.474 e. The van der Waals surface area contributed by atoms with E-state index in [1.165, 1.54) is 6.33 Å². The Hall–Kier alpha value is -1.07. The molecule has 0 bridgehead atoms. The molecule has 6 heteroatoms. The van der Waals surface area contributed by atoms with Crippen LogP contribution in [0.4, 0.5) is 0 Å². The first kappa shape index (κ1) is 11.0. The van der Waals surface area contributed by atoms with Crippen molar-refractivity contribution in [2.24, 2.45) is 5.73 Å². The first-order valence-corrected chi connectivity index (χ1v) is 4.43. The molecule has 1 aromatic heterocycles. The Kier molecular flexibility index (Phi) is 3.13. The summed E-state index contributed by atoms with van der Waals surface area (Å²) >= 11 is 5.65. The molecule has 0 spiro atoms. The van der Waals surface area contributed by atoms with Gasteiger partial charge in [-0.3, -0.25) is 4.79 Å². The van der Waals surface area contributed by atoms with Gasteiger partial charge < -0.3 is 15.5 Å². The summed E-state index contributed by atoms with van der Waals surface area (Å²) < 4.78 is 5.19. The lowest BCUT2D eigenvalue weighted by molar-refractivity contribution is 0.234. The molecule has 3 N–H and O–H groups in total. The van der Waals surface area contributed by atoms with Crippen molar-refractivity contribution >= 4 is 11.6 Å². The zero-order valence-electron chi connectivity index (χ0n) is 8.00. The van der Waals surface area contributed by atoms with E-state index in [9.17, 15) is 4.79 Å². The maximum absolute atomic E-state index is 11.0. The summed E-state index contributed by atoms with van der Waals surface area (Å²) in [4.78, 5) is 17.1. The van der Waals surface area contributed by atoms with Gasteiger partial charge in [0.1, 0.15) is 6.61 Å². The van der Waals surface area contributed by atoms with Crippen LogP contribution >= 0.6 is 11.6 Å². The highest BCUT2D eigenvalue weighted by molar-refractivity contribution is 6.31. The maximum atomic E-state index is 11.0. The highest BCUT2D eigenvalue weighted by Crippen LogP contribution is 2.15. The smallest absolute Gasteiger partial charge is 0.273 e. The van der Waals surface area contributed by atoms with Crippen molar-refractivity contribution in [3.05, 3.63) is 21.7 Å². The van der Waals surface area contributed by atoms with Crippen LogP contribution in [0.3, 0.4) is 0 Å². The molecule has 0 atom stereocenters. The van der Waals surface area contributed by atoms with E-state index in [1.807, 2.05) is 0 Å². The van der Waals surface area contributed by atoms with E-state index < -0.39 is 11.1 Å². The van der Waals surface area contributed by atoms with E-state index in [0.29, 0.717) is 0 Å². The van der Waals surface area contributed by atoms with Gasteiger partial charge in [0.2, 0.25) is 5.88 Å². The molecule has 1 heterocycles. The minimum atomic E-state index is -0.492. The van der Waals surface area contributed by atoms with E-state index in [2.05, 4.69) is 9.97 Å². The Morgan fingerprint density at radius 1 is 1.71 bits per heavy atom. The number of nitrogens with one attached hydrogen (secondary N) is 1. The van der Waals surface area contributed by atoms with Crippen molar-refractivity contribution in [3.63, 3.8) is 0 Å². The van der Waals surface area contributed by atoms with Gasteiger partial charge in [0, 0.05) is 5.54 Å². The van der Waals surface area contributed by atoms with Crippen LogP contribution in [-0.2, 0) is 0 Å². The van der Waals surface area contributed by atoms with Crippen LogP contribution in [0.2, 0.25) is 5.02 Å². The number of aromatic nitrogens is 2. The van der Waals surface area contributed by atoms with Crippen molar-refractivity contribution < 1.29 is 4.74 Å². The average molecular weight is 218 g/mol. The van der Waals surface area contributed by atoms with E-state index in [4.69, 9.17) is 22.1 Å². The molecular formula is C8H12ClN3O2. The molecule has 0 saturated carbocycles. The predicted octanol–water partition coefficient (Wildman–Crippen LogP) is 0.539. The van der Waals surface area contributed by atoms with Gasteiger partial charge in [0.25, 0.3) is 5.56 Å². The normalized spacial score (nSPS) is 11.4. The standard InChI is InChI=1S/C8H12ClN3O2/c1-8(2,10)3-14-7-5(9)6(13)11-4-12-7/h4H,3,10H2,1-2H3,(H,11,12,13). The van der Waals surface area contributed by atoms with E-state index in [0.717, 1.165) is 0 Å². The van der Waals surface area contributed by atoms with Crippen LogP contribution in [-0.4, -0.2) is 22.1 Å². The number of aromatic amines is 1. The molecule has 0 saturated heterocycles. The van der Waals surface area contributed by atoms with Crippen LogP contribution < -0.4 is 16.0 Å². The second-order valence-electron chi connectivity index (χ2n) is 3.63. The van der Waals surface area contributed by atoms with Crippen LogP contribution in [0.1, 0.15) is 13.8 Å². The third-order valence-electron chi connectivity index (χ3n) is 1.35. The molecule has 0 amide bonds. The number of ether oxygens (including phenoxy) is 1. The number of hydrogen-bond donors (Lipinski definition) is 2. The molecule has 0 aromatic carbocycles. The predicted molar refractivity (Wildman–Crippen MR) is 53.6 cm³/mol. The molecule has 0 aliphatic heterocycles. The van der Waals surface area contributed by atoms with Crippen molar-refractivity contribution in [2.45, 2.75) is 19.4 Å². The summed E-state index contributed by atoms with van der Waals surface area (Å²) in [7, 11) is 0. The fraction of sp³-hybridized carbons (Fsp3) is 0.500. The van der Waals surface area contributed by atoms with Gasteiger partial charge in [0.05, 0.1) is 6.33 Å². The Morgan fingerprint density at radius 2 is 2.36 bits per heavy atom. The molecule has 0 unspecified atom stereocenters. The quantitative estimate of drug-likeness (QED) is 0.775. The van der Waals surface area contributed by atoms with Crippen molar-refractivity contribution in [3.8, 4) is 5.88 Å². The van der Waals surface area contributed by atoms with Gasteiger partial charge in [-0.25, -0.2) is 4.98 Å². The molecule has 0 fully saturated rings. The third-order valence-corrected chi connectivity index (χ3v) is 1.68. The third kappa shape index (κ3) is 3.01.